The van der Waals surface area contributed by atoms with Gasteiger partial charge in [0.25, 0.3) is 5.91 Å². The third-order valence-electron chi connectivity index (χ3n) is 10.4. The number of alkyl halides is 3. The summed E-state index contributed by atoms with van der Waals surface area (Å²) in [6, 6.07) is 14.6. The summed E-state index contributed by atoms with van der Waals surface area (Å²) < 4.78 is 91.7. The Bertz CT molecular complexity index is 2240. The molecule has 16 heteroatoms. The first-order valence-corrected chi connectivity index (χ1v) is 23.7. The lowest BCUT2D eigenvalue weighted by atomic mass is 9.98. The molecule has 0 saturated heterocycles. The van der Waals surface area contributed by atoms with Gasteiger partial charge in [-0.1, -0.05) is 108 Å². The number of sulfone groups is 1. The topological polar surface area (TPSA) is 165 Å². The van der Waals surface area contributed by atoms with E-state index in [9.17, 15) is 39.6 Å². The molecular formula is C41H51F3N4O6S3. The summed E-state index contributed by atoms with van der Waals surface area (Å²) in [6.07, 6.45) is 7.31. The monoisotopic (exact) mass is 848 g/mol. The molecule has 2 heterocycles. The fourth-order valence-electron chi connectivity index (χ4n) is 7.23. The van der Waals surface area contributed by atoms with Crippen LogP contribution < -0.4 is 15.8 Å². The second-order valence-electron chi connectivity index (χ2n) is 14.8. The van der Waals surface area contributed by atoms with Gasteiger partial charge in [0.2, 0.25) is 20.7 Å². The number of unbranched alkanes of at least 4 members (excludes halogenated alkanes) is 11. The first-order valence-electron chi connectivity index (χ1n) is 19.5. The van der Waals surface area contributed by atoms with Crippen LogP contribution in [-0.4, -0.2) is 45.9 Å². The number of primary sulfonamides is 1. The van der Waals surface area contributed by atoms with Gasteiger partial charge in [0, 0.05) is 18.7 Å². The van der Waals surface area contributed by atoms with Crippen LogP contribution >= 0.6 is 11.3 Å². The first kappa shape index (κ1) is 44.2. The third-order valence-corrected chi connectivity index (χ3v) is 14.9. The Balaban J connectivity index is 1.47. The number of nitrogens with one attached hydrogen (secondary N) is 2. The number of carbonyl (C=O) groups excluding carboxylic acids is 2. The number of fused-ring (bicyclic) bond motifs is 2. The predicted molar refractivity (Wildman–Crippen MR) is 219 cm³/mol. The lowest BCUT2D eigenvalue weighted by Crippen LogP contribution is -2.51. The summed E-state index contributed by atoms with van der Waals surface area (Å²) in [5, 5.41) is 10.5. The molecule has 0 bridgehead atoms. The van der Waals surface area contributed by atoms with Crippen molar-refractivity contribution in [3.8, 4) is 11.1 Å². The highest BCUT2D eigenvalue weighted by Gasteiger charge is 2.54. The second-order valence-corrected chi connectivity index (χ2v) is 19.8. The van der Waals surface area contributed by atoms with Crippen LogP contribution in [0.15, 0.2) is 60.7 Å². The molecular weight excluding hydrogens is 798 g/mol. The number of nitrogens with two attached hydrogens (primary N) is 1. The minimum atomic E-state index is -4.63. The maximum Gasteiger partial charge on any atom is 0.416 e. The van der Waals surface area contributed by atoms with Crippen LogP contribution in [0.5, 0.6) is 0 Å². The predicted octanol–water partition coefficient (Wildman–Crippen LogP) is 8.53. The smallest absolute Gasteiger partial charge is 0.353 e. The molecule has 0 saturated carbocycles. The fraction of sp³-hybridized carbons (Fsp3) is 0.488. The molecule has 1 atom stereocenters. The van der Waals surface area contributed by atoms with Crippen LogP contribution in [0, 0.1) is 0 Å². The van der Waals surface area contributed by atoms with Gasteiger partial charge in [0.1, 0.15) is 5.01 Å². The van der Waals surface area contributed by atoms with E-state index in [-0.39, 0.29) is 22.9 Å². The van der Waals surface area contributed by atoms with E-state index in [4.69, 9.17) is 10.1 Å². The van der Waals surface area contributed by atoms with Gasteiger partial charge in [0.05, 0.1) is 27.3 Å². The highest BCUT2D eigenvalue weighted by atomic mass is 32.2. The number of sulfonamides is 1. The highest BCUT2D eigenvalue weighted by Crippen LogP contribution is 2.43. The van der Waals surface area contributed by atoms with Crippen LogP contribution in [0.3, 0.4) is 0 Å². The molecule has 10 nitrogen and oxygen atoms in total. The van der Waals surface area contributed by atoms with Crippen molar-refractivity contribution < 1.29 is 39.6 Å². The lowest BCUT2D eigenvalue weighted by Gasteiger charge is -2.30. The van der Waals surface area contributed by atoms with E-state index >= 15 is 0 Å². The molecule has 0 fully saturated rings. The SMILES string of the molecule is CCCCCCCCCCCCCCC(C(=O)NCCS(N)(=O)=O)(c1nc2ccc(-c3ccc4c(c3)CNC4=O)cc2s1)S(=O)(=O)Cc1ccc(C(F)(F)F)cc1. The van der Waals surface area contributed by atoms with Crippen molar-refractivity contribution in [2.24, 2.45) is 5.14 Å². The van der Waals surface area contributed by atoms with Crippen LogP contribution in [0.4, 0.5) is 13.2 Å². The van der Waals surface area contributed by atoms with Crippen molar-refractivity contribution in [3.05, 3.63) is 87.9 Å². The Morgan fingerprint density at radius 3 is 2.05 bits per heavy atom. The molecule has 2 amide bonds. The Kier molecular flexibility index (Phi) is 15.0. The zero-order chi connectivity index (χ0) is 41.3. The van der Waals surface area contributed by atoms with Crippen molar-refractivity contribution in [1.82, 2.24) is 15.6 Å². The van der Waals surface area contributed by atoms with E-state index in [1.165, 1.54) is 32.1 Å². The number of rotatable bonds is 22. The van der Waals surface area contributed by atoms with Crippen molar-refractivity contribution in [2.75, 3.05) is 12.3 Å². The fourth-order valence-corrected chi connectivity index (χ4v) is 11.2. The number of carbonyl (C=O) groups is 2. The normalized spacial score (nSPS) is 14.4. The van der Waals surface area contributed by atoms with Crippen LogP contribution in [0.2, 0.25) is 0 Å². The van der Waals surface area contributed by atoms with Crippen LogP contribution in [0.1, 0.15) is 122 Å². The number of thiazole rings is 1. The number of nitrogens with zero attached hydrogens (tertiary/aromatic N) is 1. The number of hydrogen-bond donors (Lipinski definition) is 3. The molecule has 1 aliphatic heterocycles. The van der Waals surface area contributed by atoms with Crippen LogP contribution in [-0.2, 0) is 47.9 Å². The van der Waals surface area contributed by atoms with Crippen molar-refractivity contribution in [3.63, 3.8) is 0 Å². The Morgan fingerprint density at radius 2 is 1.44 bits per heavy atom. The third kappa shape index (κ3) is 11.4. The number of amides is 2. The van der Waals surface area contributed by atoms with Gasteiger partial charge in [-0.05, 0) is 65.1 Å². The second kappa shape index (κ2) is 19.3. The van der Waals surface area contributed by atoms with Gasteiger partial charge in [-0.2, -0.15) is 13.2 Å². The number of hydrogen-bond acceptors (Lipinski definition) is 8. The maximum atomic E-state index is 14.8. The summed E-state index contributed by atoms with van der Waals surface area (Å²) >= 11 is 1.02. The minimum absolute atomic E-state index is 0.0264. The number of halogens is 3. The van der Waals surface area contributed by atoms with Crippen molar-refractivity contribution in [1.29, 1.82) is 0 Å². The first-order chi connectivity index (χ1) is 27.0. The van der Waals surface area contributed by atoms with Gasteiger partial charge in [0.15, 0.2) is 9.84 Å². The average Bonchev–Trinajstić information content (AvgIpc) is 3.75. The number of benzene rings is 3. The zero-order valence-electron chi connectivity index (χ0n) is 32.1. The summed E-state index contributed by atoms with van der Waals surface area (Å²) in [5.74, 6) is -2.54. The van der Waals surface area contributed by atoms with Gasteiger partial charge < -0.3 is 10.6 Å². The Morgan fingerprint density at radius 1 is 0.842 bits per heavy atom. The molecule has 3 aromatic carbocycles. The molecule has 1 aromatic heterocycles. The van der Waals surface area contributed by atoms with E-state index < -0.39 is 60.3 Å². The molecule has 310 valence electrons. The molecule has 57 heavy (non-hydrogen) atoms. The minimum Gasteiger partial charge on any atom is -0.353 e. The van der Waals surface area contributed by atoms with E-state index in [1.807, 2.05) is 24.3 Å². The molecule has 0 spiro atoms. The van der Waals surface area contributed by atoms with Crippen molar-refractivity contribution in [2.45, 2.75) is 114 Å². The summed E-state index contributed by atoms with van der Waals surface area (Å²) in [4.78, 5) is 31.3. The van der Waals surface area contributed by atoms with Gasteiger partial charge in [-0.25, -0.2) is 27.0 Å². The Labute approximate surface area is 337 Å². The maximum absolute atomic E-state index is 14.8. The molecule has 4 aromatic rings. The van der Waals surface area contributed by atoms with Gasteiger partial charge in [-0.15, -0.1) is 11.3 Å². The molecule has 0 aliphatic carbocycles. The summed E-state index contributed by atoms with van der Waals surface area (Å²) in [6.45, 7) is 2.13. The van der Waals surface area contributed by atoms with Crippen LogP contribution in [0.25, 0.3) is 21.3 Å². The molecule has 5 rings (SSSR count). The van der Waals surface area contributed by atoms with E-state index in [0.29, 0.717) is 35.2 Å². The average molecular weight is 849 g/mol. The summed E-state index contributed by atoms with van der Waals surface area (Å²) in [7, 11) is -8.63. The molecule has 1 aliphatic rings. The number of aromatic nitrogens is 1. The van der Waals surface area contributed by atoms with E-state index in [0.717, 1.165) is 84.4 Å². The quantitative estimate of drug-likeness (QED) is 0.0667. The largest absolute Gasteiger partial charge is 0.416 e. The lowest BCUT2D eigenvalue weighted by molar-refractivity contribution is -0.137. The summed E-state index contributed by atoms with van der Waals surface area (Å²) in [5.41, 5.74) is 2.56. The van der Waals surface area contributed by atoms with Gasteiger partial charge >= 0.3 is 6.18 Å². The van der Waals surface area contributed by atoms with Gasteiger partial charge in [-0.3, -0.25) is 9.59 Å². The van der Waals surface area contributed by atoms with Crippen molar-refractivity contribution >= 4 is 53.2 Å². The molecule has 0 radical (unpaired) electrons. The molecule has 1 unspecified atom stereocenters. The molecule has 4 N–H and O–H groups in total. The highest BCUT2D eigenvalue weighted by molar-refractivity contribution is 7.92. The Hall–Kier alpha value is -3.86. The zero-order valence-corrected chi connectivity index (χ0v) is 34.6. The van der Waals surface area contributed by atoms with E-state index in [1.54, 1.807) is 12.1 Å². The van der Waals surface area contributed by atoms with E-state index in [2.05, 4.69) is 17.6 Å². The standard InChI is InChI=1S/C41H51F3N4O6S3/c1-2-3-4-5-6-7-8-9-10-11-12-13-22-40(38(50)46-23-24-57(45,53)54,56(51,52)28-29-14-18-33(19-15-29)41(42,43)44)39-48-35-21-17-31(26-36(35)55-39)30-16-20-34-32(25-30)27-47-37(34)49/h14-21,25-26H,2-13,22-24,27-28H2,1H3,(H,46,50)(H,47,49)(H2,45,53,54).